The SMILES string of the molecule is CCCCc1ccc(C(=O)Nc2ccc(-c3cc4c(o3)CCN(C(=O)c3ccc(F)cc3)C4)cc2)cc1. The molecule has 0 radical (unpaired) electrons. The molecule has 0 saturated carbocycles. The smallest absolute Gasteiger partial charge is 0.255 e. The molecule has 1 aliphatic rings. The van der Waals surface area contributed by atoms with E-state index < -0.39 is 0 Å². The van der Waals surface area contributed by atoms with Gasteiger partial charge in [0, 0.05) is 47.5 Å². The quantitative estimate of drug-likeness (QED) is 0.303. The zero-order valence-electron chi connectivity index (χ0n) is 20.8. The summed E-state index contributed by atoms with van der Waals surface area (Å²) < 4.78 is 19.3. The fourth-order valence-corrected chi connectivity index (χ4v) is 4.55. The lowest BCUT2D eigenvalue weighted by Gasteiger charge is -2.26. The van der Waals surface area contributed by atoms with Crippen LogP contribution in [0.3, 0.4) is 0 Å². The summed E-state index contributed by atoms with van der Waals surface area (Å²) in [6.07, 6.45) is 3.93. The Morgan fingerprint density at radius 2 is 1.65 bits per heavy atom. The molecule has 5 rings (SSSR count). The molecule has 0 saturated heterocycles. The minimum absolute atomic E-state index is 0.121. The summed E-state index contributed by atoms with van der Waals surface area (Å²) in [6.45, 7) is 3.15. The van der Waals surface area contributed by atoms with Gasteiger partial charge >= 0.3 is 0 Å². The number of aryl methyl sites for hydroxylation is 1. The van der Waals surface area contributed by atoms with Crippen LogP contribution >= 0.6 is 0 Å². The van der Waals surface area contributed by atoms with Crippen LogP contribution in [0.5, 0.6) is 0 Å². The third kappa shape index (κ3) is 5.64. The number of rotatable bonds is 7. The Balaban J connectivity index is 1.22. The number of anilines is 1. The lowest BCUT2D eigenvalue weighted by molar-refractivity contribution is 0.0729. The van der Waals surface area contributed by atoms with Crippen LogP contribution in [0.4, 0.5) is 10.1 Å². The molecule has 1 aliphatic heterocycles. The van der Waals surface area contributed by atoms with Gasteiger partial charge in [0.25, 0.3) is 11.8 Å². The van der Waals surface area contributed by atoms with Crippen molar-refractivity contribution in [3.05, 3.63) is 113 Å². The van der Waals surface area contributed by atoms with Crippen LogP contribution in [0.1, 0.15) is 57.4 Å². The van der Waals surface area contributed by atoms with E-state index in [4.69, 9.17) is 4.42 Å². The molecule has 1 N–H and O–H groups in total. The highest BCUT2D eigenvalue weighted by Crippen LogP contribution is 2.31. The highest BCUT2D eigenvalue weighted by atomic mass is 19.1. The third-order valence-corrected chi connectivity index (χ3v) is 6.71. The van der Waals surface area contributed by atoms with Gasteiger partial charge in [0.1, 0.15) is 17.3 Å². The molecule has 5 nitrogen and oxygen atoms in total. The van der Waals surface area contributed by atoms with E-state index in [1.807, 2.05) is 54.6 Å². The second-order valence-corrected chi connectivity index (χ2v) is 9.37. The standard InChI is InChI=1S/C31H29FN2O3/c1-2-3-4-21-5-7-23(8-6-21)30(35)33-27-15-11-22(12-16-27)29-19-25-20-34(18-17-28(25)37-29)31(36)24-9-13-26(32)14-10-24/h5-16,19H,2-4,17-18,20H2,1H3,(H,33,35). The van der Waals surface area contributed by atoms with Crippen molar-refractivity contribution in [2.45, 2.75) is 39.2 Å². The highest BCUT2D eigenvalue weighted by Gasteiger charge is 2.25. The Morgan fingerprint density at radius 3 is 2.35 bits per heavy atom. The molecule has 37 heavy (non-hydrogen) atoms. The second-order valence-electron chi connectivity index (χ2n) is 9.37. The Morgan fingerprint density at radius 1 is 0.946 bits per heavy atom. The molecule has 188 valence electrons. The third-order valence-electron chi connectivity index (χ3n) is 6.71. The average Bonchev–Trinajstić information content (AvgIpc) is 3.36. The zero-order valence-corrected chi connectivity index (χ0v) is 20.8. The number of carbonyl (C=O) groups is 2. The van der Waals surface area contributed by atoms with E-state index in [0.717, 1.165) is 41.9 Å². The first kappa shape index (κ1) is 24.5. The number of hydrogen-bond acceptors (Lipinski definition) is 3. The Labute approximate surface area is 215 Å². The molecule has 0 atom stereocenters. The van der Waals surface area contributed by atoms with Crippen molar-refractivity contribution in [2.24, 2.45) is 0 Å². The van der Waals surface area contributed by atoms with E-state index >= 15 is 0 Å². The summed E-state index contributed by atoms with van der Waals surface area (Å²) >= 11 is 0. The summed E-state index contributed by atoms with van der Waals surface area (Å²) in [5, 5.41) is 2.95. The molecule has 2 heterocycles. The van der Waals surface area contributed by atoms with Gasteiger partial charge in [-0.3, -0.25) is 9.59 Å². The molecular weight excluding hydrogens is 467 g/mol. The van der Waals surface area contributed by atoms with Gasteiger partial charge in [-0.05, 0) is 85.1 Å². The van der Waals surface area contributed by atoms with Crippen LogP contribution < -0.4 is 5.32 Å². The maximum atomic E-state index is 13.2. The molecule has 0 fully saturated rings. The van der Waals surface area contributed by atoms with Gasteiger partial charge in [0.2, 0.25) is 0 Å². The maximum absolute atomic E-state index is 13.2. The number of carbonyl (C=O) groups excluding carboxylic acids is 2. The summed E-state index contributed by atoms with van der Waals surface area (Å²) in [6, 6.07) is 22.9. The Hall–Kier alpha value is -4.19. The number of fused-ring (bicyclic) bond motifs is 1. The van der Waals surface area contributed by atoms with E-state index in [2.05, 4.69) is 12.2 Å². The van der Waals surface area contributed by atoms with Crippen LogP contribution in [0.2, 0.25) is 0 Å². The first-order chi connectivity index (χ1) is 18.0. The van der Waals surface area contributed by atoms with Gasteiger partial charge < -0.3 is 14.6 Å². The number of unbranched alkanes of at least 4 members (excludes halogenated alkanes) is 1. The summed E-state index contributed by atoms with van der Waals surface area (Å²) in [7, 11) is 0. The van der Waals surface area contributed by atoms with Gasteiger partial charge in [0.05, 0.1) is 0 Å². The van der Waals surface area contributed by atoms with Gasteiger partial charge in [0.15, 0.2) is 0 Å². The predicted molar refractivity (Wildman–Crippen MR) is 142 cm³/mol. The largest absolute Gasteiger partial charge is 0.461 e. The minimum atomic E-state index is -0.362. The van der Waals surface area contributed by atoms with Crippen LogP contribution in [-0.2, 0) is 19.4 Å². The average molecular weight is 497 g/mol. The second kappa shape index (κ2) is 10.8. The molecule has 2 amide bonds. The lowest BCUT2D eigenvalue weighted by atomic mass is 10.1. The van der Waals surface area contributed by atoms with E-state index in [1.54, 1.807) is 4.90 Å². The van der Waals surface area contributed by atoms with Crippen LogP contribution in [0.25, 0.3) is 11.3 Å². The summed E-state index contributed by atoms with van der Waals surface area (Å²) in [4.78, 5) is 27.2. The van der Waals surface area contributed by atoms with Crippen molar-refractivity contribution in [3.8, 4) is 11.3 Å². The molecule has 0 bridgehead atoms. The molecule has 3 aromatic carbocycles. The Kier molecular flexibility index (Phi) is 7.17. The normalized spacial score (nSPS) is 12.8. The monoisotopic (exact) mass is 496 g/mol. The minimum Gasteiger partial charge on any atom is -0.461 e. The molecule has 6 heteroatoms. The zero-order chi connectivity index (χ0) is 25.8. The van der Waals surface area contributed by atoms with Gasteiger partial charge in [-0.15, -0.1) is 0 Å². The number of hydrogen-bond donors (Lipinski definition) is 1. The first-order valence-electron chi connectivity index (χ1n) is 12.7. The van der Waals surface area contributed by atoms with E-state index in [-0.39, 0.29) is 17.6 Å². The molecule has 1 aromatic heterocycles. The number of halogens is 1. The predicted octanol–water partition coefficient (Wildman–Crippen LogP) is 6.88. The van der Waals surface area contributed by atoms with Crippen LogP contribution in [0, 0.1) is 5.82 Å². The topological polar surface area (TPSA) is 62.6 Å². The molecular formula is C31H29FN2O3. The number of furan rings is 1. The van der Waals surface area contributed by atoms with Crippen molar-refractivity contribution in [1.29, 1.82) is 0 Å². The molecule has 0 aliphatic carbocycles. The summed E-state index contributed by atoms with van der Waals surface area (Å²) in [5.41, 5.74) is 4.91. The number of amides is 2. The van der Waals surface area contributed by atoms with Crippen molar-refractivity contribution >= 4 is 17.5 Å². The molecule has 0 spiro atoms. The van der Waals surface area contributed by atoms with Crippen LogP contribution in [0.15, 0.2) is 83.3 Å². The first-order valence-corrected chi connectivity index (χ1v) is 12.7. The van der Waals surface area contributed by atoms with E-state index in [9.17, 15) is 14.0 Å². The van der Waals surface area contributed by atoms with Crippen molar-refractivity contribution in [2.75, 3.05) is 11.9 Å². The number of nitrogens with zero attached hydrogens (tertiary/aromatic N) is 1. The van der Waals surface area contributed by atoms with Gasteiger partial charge in [-0.25, -0.2) is 4.39 Å². The maximum Gasteiger partial charge on any atom is 0.255 e. The van der Waals surface area contributed by atoms with Gasteiger partial charge in [-0.1, -0.05) is 25.5 Å². The van der Waals surface area contributed by atoms with Gasteiger partial charge in [-0.2, -0.15) is 0 Å². The summed E-state index contributed by atoms with van der Waals surface area (Å²) in [5.74, 6) is 0.969. The molecule has 4 aromatic rings. The lowest BCUT2D eigenvalue weighted by Crippen LogP contribution is -2.35. The van der Waals surface area contributed by atoms with E-state index in [0.29, 0.717) is 36.3 Å². The number of benzene rings is 3. The van der Waals surface area contributed by atoms with Crippen molar-refractivity contribution in [3.63, 3.8) is 0 Å². The fourth-order valence-electron chi connectivity index (χ4n) is 4.55. The van der Waals surface area contributed by atoms with E-state index in [1.165, 1.54) is 29.8 Å². The van der Waals surface area contributed by atoms with Crippen molar-refractivity contribution in [1.82, 2.24) is 4.90 Å². The van der Waals surface area contributed by atoms with Crippen LogP contribution in [-0.4, -0.2) is 23.3 Å². The Bertz CT molecular complexity index is 1390. The number of nitrogens with one attached hydrogen (secondary N) is 1. The highest BCUT2D eigenvalue weighted by molar-refractivity contribution is 6.04. The van der Waals surface area contributed by atoms with Crippen molar-refractivity contribution < 1.29 is 18.4 Å². The fraction of sp³-hybridized carbons (Fsp3) is 0.226. The molecule has 0 unspecified atom stereocenters.